The highest BCUT2D eigenvalue weighted by atomic mass is 19.1. The Kier molecular flexibility index (Phi) is 6.12. The van der Waals surface area contributed by atoms with Crippen LogP contribution in [0.1, 0.15) is 12.5 Å². The van der Waals surface area contributed by atoms with Crippen LogP contribution in [0.25, 0.3) is 22.3 Å². The monoisotopic (exact) mass is 468 g/mol. The molecule has 1 aliphatic rings. The van der Waals surface area contributed by atoms with Gasteiger partial charge in [0.1, 0.15) is 35.8 Å². The summed E-state index contributed by atoms with van der Waals surface area (Å²) >= 11 is 0. The molecule has 34 heavy (non-hydrogen) atoms. The van der Waals surface area contributed by atoms with Crippen molar-refractivity contribution in [3.8, 4) is 17.0 Å². The fraction of sp³-hybridized carbons (Fsp3) is 0.348. The number of anilines is 1. The number of halogens is 2. The molecule has 4 aromatic rings. The van der Waals surface area contributed by atoms with Crippen LogP contribution in [0.2, 0.25) is 0 Å². The molecule has 3 unspecified atom stereocenters. The summed E-state index contributed by atoms with van der Waals surface area (Å²) in [4.78, 5) is 13.7. The van der Waals surface area contributed by atoms with Gasteiger partial charge in [0, 0.05) is 67.3 Å². The molecule has 5 N–H and O–H groups in total. The van der Waals surface area contributed by atoms with E-state index in [2.05, 4.69) is 20.1 Å². The summed E-state index contributed by atoms with van der Waals surface area (Å²) in [5.74, 6) is -0.268. The van der Waals surface area contributed by atoms with Crippen molar-refractivity contribution in [2.75, 3.05) is 31.9 Å². The number of fused-ring (bicyclic) bond motifs is 1. The van der Waals surface area contributed by atoms with Crippen LogP contribution in [0, 0.1) is 5.82 Å². The third kappa shape index (κ3) is 4.57. The van der Waals surface area contributed by atoms with Gasteiger partial charge in [0.15, 0.2) is 0 Å². The van der Waals surface area contributed by atoms with Crippen molar-refractivity contribution in [1.29, 1.82) is 0 Å². The zero-order valence-electron chi connectivity index (χ0n) is 18.4. The molecule has 0 saturated carbocycles. The molecule has 11 heteroatoms. The molecule has 0 bridgehead atoms. The molecular formula is C23H26F2N8O. The normalized spacial score (nSPS) is 20.0. The molecule has 1 aliphatic heterocycles. The van der Waals surface area contributed by atoms with Crippen LogP contribution in [-0.4, -0.2) is 68.1 Å². The fourth-order valence-corrected chi connectivity index (χ4v) is 4.40. The van der Waals surface area contributed by atoms with Crippen LogP contribution in [0.4, 0.5) is 14.5 Å². The lowest BCUT2D eigenvalue weighted by Crippen LogP contribution is -2.49. The quantitative estimate of drug-likeness (QED) is 0.356. The summed E-state index contributed by atoms with van der Waals surface area (Å²) in [5.41, 5.74) is 14.4. The van der Waals surface area contributed by atoms with E-state index in [0.717, 1.165) is 22.3 Å². The highest BCUT2D eigenvalue weighted by molar-refractivity contribution is 5.89. The molecular weight excluding hydrogens is 442 g/mol. The fourth-order valence-electron chi connectivity index (χ4n) is 4.40. The predicted octanol–water partition coefficient (Wildman–Crippen LogP) is 2.53. The molecule has 0 amide bonds. The summed E-state index contributed by atoms with van der Waals surface area (Å²) in [7, 11) is 0. The van der Waals surface area contributed by atoms with Crippen LogP contribution in [0.15, 0.2) is 49.2 Å². The first kappa shape index (κ1) is 22.2. The second-order valence-corrected chi connectivity index (χ2v) is 8.50. The number of hydrogen-bond acceptors (Lipinski definition) is 7. The van der Waals surface area contributed by atoms with Crippen LogP contribution < -0.4 is 16.2 Å². The lowest BCUT2D eigenvalue weighted by Gasteiger charge is -2.36. The number of nitrogens with two attached hydrogens (primary N) is 2. The molecule has 9 nitrogen and oxygen atoms in total. The molecule has 1 saturated heterocycles. The standard InChI is InChI=1S/C23H26F2N8O/c24-15-5-16(27)7-18(6-15)34-21-2-4-32(12-20(21)25)11-17(8-26)33-10-14(9-31-33)22-19-1-3-28-23(19)30-13-29-22/h1,3,5-7,9-10,13,17,20-21H,2,4,8,11-12,26-27H2,(H,28,29,30). The summed E-state index contributed by atoms with van der Waals surface area (Å²) in [6.07, 6.45) is 5.56. The van der Waals surface area contributed by atoms with Gasteiger partial charge in [-0.25, -0.2) is 18.7 Å². The Labute approximate surface area is 194 Å². The molecule has 1 fully saturated rings. The second kappa shape index (κ2) is 9.35. The first-order valence-electron chi connectivity index (χ1n) is 11.1. The average molecular weight is 469 g/mol. The molecule has 178 valence electrons. The van der Waals surface area contributed by atoms with Crippen molar-refractivity contribution in [2.45, 2.75) is 24.7 Å². The Bertz CT molecular complexity index is 1250. The van der Waals surface area contributed by atoms with E-state index in [4.69, 9.17) is 16.2 Å². The Balaban J connectivity index is 1.23. The lowest BCUT2D eigenvalue weighted by molar-refractivity contribution is 0.0170. The minimum Gasteiger partial charge on any atom is -0.487 e. The number of ether oxygens (including phenoxy) is 1. The Morgan fingerprint density at radius 2 is 2.15 bits per heavy atom. The lowest BCUT2D eigenvalue weighted by atomic mass is 10.0. The number of benzene rings is 1. The van der Waals surface area contributed by atoms with Crippen LogP contribution in [-0.2, 0) is 0 Å². The van der Waals surface area contributed by atoms with Gasteiger partial charge in [0.2, 0.25) is 0 Å². The number of nitrogens with one attached hydrogen (secondary N) is 1. The van der Waals surface area contributed by atoms with E-state index in [9.17, 15) is 8.78 Å². The number of rotatable bonds is 7. The number of aromatic nitrogens is 5. The number of H-pyrrole nitrogens is 1. The van der Waals surface area contributed by atoms with E-state index >= 15 is 0 Å². The van der Waals surface area contributed by atoms with Crippen molar-refractivity contribution in [3.63, 3.8) is 0 Å². The van der Waals surface area contributed by atoms with Gasteiger partial charge in [-0.2, -0.15) is 5.10 Å². The molecule has 3 aromatic heterocycles. The maximum atomic E-state index is 14.9. The Morgan fingerprint density at radius 1 is 1.26 bits per heavy atom. The smallest absolute Gasteiger partial charge is 0.149 e. The van der Waals surface area contributed by atoms with E-state index in [1.165, 1.54) is 24.5 Å². The van der Waals surface area contributed by atoms with Gasteiger partial charge in [-0.3, -0.25) is 9.58 Å². The van der Waals surface area contributed by atoms with E-state index in [0.29, 0.717) is 26.1 Å². The zero-order chi connectivity index (χ0) is 23.7. The van der Waals surface area contributed by atoms with Crippen LogP contribution in [0.3, 0.4) is 0 Å². The van der Waals surface area contributed by atoms with E-state index in [-0.39, 0.29) is 24.0 Å². The summed E-state index contributed by atoms with van der Waals surface area (Å²) in [6, 6.07) is 5.70. The molecule has 0 aliphatic carbocycles. The van der Waals surface area contributed by atoms with Crippen molar-refractivity contribution in [1.82, 2.24) is 29.6 Å². The van der Waals surface area contributed by atoms with Crippen molar-refractivity contribution >= 4 is 16.7 Å². The number of aromatic amines is 1. The van der Waals surface area contributed by atoms with Gasteiger partial charge < -0.3 is 21.2 Å². The SMILES string of the molecule is NCC(CN1CCC(Oc2cc(N)cc(F)c2)C(F)C1)n1cc(-c2ncnc3[nH]ccc23)cn1. The maximum Gasteiger partial charge on any atom is 0.149 e. The molecule has 4 heterocycles. The molecule has 3 atom stereocenters. The summed E-state index contributed by atoms with van der Waals surface area (Å²) in [6.45, 7) is 1.70. The summed E-state index contributed by atoms with van der Waals surface area (Å²) < 4.78 is 36.0. The van der Waals surface area contributed by atoms with Crippen molar-refractivity contribution in [2.24, 2.45) is 5.73 Å². The maximum absolute atomic E-state index is 14.9. The number of alkyl halides is 1. The Hall–Kier alpha value is -3.57. The average Bonchev–Trinajstić information content (AvgIpc) is 3.48. The molecule has 1 aromatic carbocycles. The second-order valence-electron chi connectivity index (χ2n) is 8.50. The zero-order valence-corrected chi connectivity index (χ0v) is 18.4. The van der Waals surface area contributed by atoms with Gasteiger partial charge in [-0.15, -0.1) is 0 Å². The first-order valence-corrected chi connectivity index (χ1v) is 11.1. The van der Waals surface area contributed by atoms with E-state index < -0.39 is 18.1 Å². The van der Waals surface area contributed by atoms with Crippen molar-refractivity contribution in [3.05, 3.63) is 55.0 Å². The first-order chi connectivity index (χ1) is 16.5. The molecule has 0 spiro atoms. The summed E-state index contributed by atoms with van der Waals surface area (Å²) in [5, 5.41) is 5.41. The van der Waals surface area contributed by atoms with Gasteiger partial charge in [0.25, 0.3) is 0 Å². The minimum atomic E-state index is -1.23. The topological polar surface area (TPSA) is 124 Å². The number of likely N-dealkylation sites (tertiary alicyclic amines) is 1. The van der Waals surface area contributed by atoms with Gasteiger partial charge >= 0.3 is 0 Å². The van der Waals surface area contributed by atoms with Crippen LogP contribution in [0.5, 0.6) is 5.75 Å². The molecule has 0 radical (unpaired) electrons. The number of nitrogens with zero attached hydrogens (tertiary/aromatic N) is 5. The highest BCUT2D eigenvalue weighted by Crippen LogP contribution is 2.27. The largest absolute Gasteiger partial charge is 0.487 e. The van der Waals surface area contributed by atoms with Crippen LogP contribution >= 0.6 is 0 Å². The minimum absolute atomic E-state index is 0.134. The molecule has 5 rings (SSSR count). The van der Waals surface area contributed by atoms with E-state index in [1.807, 2.05) is 23.4 Å². The third-order valence-electron chi connectivity index (χ3n) is 6.09. The highest BCUT2D eigenvalue weighted by Gasteiger charge is 2.32. The van der Waals surface area contributed by atoms with Crippen molar-refractivity contribution < 1.29 is 13.5 Å². The number of nitrogen functional groups attached to an aromatic ring is 1. The Morgan fingerprint density at radius 3 is 2.94 bits per heavy atom. The van der Waals surface area contributed by atoms with Gasteiger partial charge in [-0.1, -0.05) is 0 Å². The predicted molar refractivity (Wildman–Crippen MR) is 124 cm³/mol. The third-order valence-corrected chi connectivity index (χ3v) is 6.09. The number of hydrogen-bond donors (Lipinski definition) is 3. The van der Waals surface area contributed by atoms with Gasteiger partial charge in [0.05, 0.1) is 17.9 Å². The van der Waals surface area contributed by atoms with Gasteiger partial charge in [-0.05, 0) is 18.6 Å². The number of piperidine rings is 1. The van der Waals surface area contributed by atoms with E-state index in [1.54, 1.807) is 10.9 Å².